The van der Waals surface area contributed by atoms with Gasteiger partial charge in [0, 0.05) is 23.0 Å². The fourth-order valence-electron chi connectivity index (χ4n) is 2.68. The Morgan fingerprint density at radius 3 is 2.52 bits per heavy atom. The molecule has 0 spiro atoms. The number of halogens is 1. The van der Waals surface area contributed by atoms with Gasteiger partial charge in [-0.3, -0.25) is 9.48 Å². The Labute approximate surface area is 167 Å². The Bertz CT molecular complexity index is 1120. The zero-order valence-electron chi connectivity index (χ0n) is 15.3. The van der Waals surface area contributed by atoms with E-state index in [0.29, 0.717) is 23.5 Å². The highest BCUT2D eigenvalue weighted by atomic mass is 19.1. The molecule has 0 aliphatic rings. The number of carbonyl (C=O) groups excluding carboxylic acids is 1. The normalized spacial score (nSPS) is 10.8. The molecule has 7 heteroatoms. The topological polar surface area (TPSA) is 94.5 Å². The van der Waals surface area contributed by atoms with Crippen LogP contribution in [0.3, 0.4) is 0 Å². The van der Waals surface area contributed by atoms with Crippen molar-refractivity contribution < 1.29 is 9.18 Å². The summed E-state index contributed by atoms with van der Waals surface area (Å²) in [6.45, 7) is 0.397. The summed E-state index contributed by atoms with van der Waals surface area (Å²) in [5.74, 6) is -1.03. The first-order chi connectivity index (χ1) is 14.1. The van der Waals surface area contributed by atoms with Gasteiger partial charge in [-0.2, -0.15) is 15.6 Å². The van der Waals surface area contributed by atoms with E-state index in [-0.39, 0.29) is 12.0 Å². The van der Waals surface area contributed by atoms with Crippen molar-refractivity contribution in [3.05, 3.63) is 77.7 Å². The van der Waals surface area contributed by atoms with Crippen LogP contribution in [-0.4, -0.2) is 15.7 Å². The van der Waals surface area contributed by atoms with Gasteiger partial charge in [0.1, 0.15) is 17.5 Å². The van der Waals surface area contributed by atoms with Gasteiger partial charge >= 0.3 is 0 Å². The van der Waals surface area contributed by atoms with Gasteiger partial charge in [0.2, 0.25) is 0 Å². The number of anilines is 1. The minimum atomic E-state index is -0.608. The lowest BCUT2D eigenvalue weighted by Gasteiger charge is -2.04. The van der Waals surface area contributed by atoms with E-state index in [1.54, 1.807) is 10.9 Å². The molecular formula is C22H16FN5O. The molecule has 0 saturated heterocycles. The van der Waals surface area contributed by atoms with E-state index in [1.165, 1.54) is 30.3 Å². The first kappa shape index (κ1) is 19.5. The SMILES string of the molecule is N#CCCn1cc(/C=C(\C#N)C(=O)Nc2ccc(F)cc2)c(-c2ccccc2)n1. The second kappa shape index (κ2) is 9.12. The van der Waals surface area contributed by atoms with Gasteiger partial charge in [-0.05, 0) is 30.3 Å². The van der Waals surface area contributed by atoms with Crippen LogP contribution in [0.1, 0.15) is 12.0 Å². The molecule has 29 heavy (non-hydrogen) atoms. The molecule has 6 nitrogen and oxygen atoms in total. The number of benzene rings is 2. The van der Waals surface area contributed by atoms with Crippen molar-refractivity contribution in [3.8, 4) is 23.4 Å². The molecular weight excluding hydrogens is 369 g/mol. The lowest BCUT2D eigenvalue weighted by molar-refractivity contribution is -0.112. The van der Waals surface area contributed by atoms with Crippen molar-refractivity contribution >= 4 is 17.7 Å². The third-order valence-corrected chi connectivity index (χ3v) is 4.06. The quantitative estimate of drug-likeness (QED) is 0.509. The molecule has 1 aromatic heterocycles. The van der Waals surface area contributed by atoms with Crippen LogP contribution in [-0.2, 0) is 11.3 Å². The van der Waals surface area contributed by atoms with Crippen LogP contribution in [0.2, 0.25) is 0 Å². The molecule has 1 heterocycles. The minimum absolute atomic E-state index is 0.119. The van der Waals surface area contributed by atoms with Gasteiger partial charge in [0.25, 0.3) is 5.91 Å². The molecule has 3 aromatic rings. The van der Waals surface area contributed by atoms with Crippen LogP contribution in [0.5, 0.6) is 0 Å². The van der Waals surface area contributed by atoms with Gasteiger partial charge in [-0.25, -0.2) is 4.39 Å². The molecule has 1 amide bonds. The Morgan fingerprint density at radius 1 is 1.14 bits per heavy atom. The number of hydrogen-bond acceptors (Lipinski definition) is 4. The molecule has 0 saturated carbocycles. The summed E-state index contributed by atoms with van der Waals surface area (Å²) >= 11 is 0. The van der Waals surface area contributed by atoms with E-state index in [0.717, 1.165) is 5.56 Å². The van der Waals surface area contributed by atoms with E-state index in [9.17, 15) is 14.4 Å². The lowest BCUT2D eigenvalue weighted by Crippen LogP contribution is -2.13. The van der Waals surface area contributed by atoms with Crippen LogP contribution < -0.4 is 5.32 Å². The van der Waals surface area contributed by atoms with E-state index in [1.807, 2.05) is 36.4 Å². The largest absolute Gasteiger partial charge is 0.321 e. The average molecular weight is 385 g/mol. The molecule has 0 bridgehead atoms. The number of nitrogens with zero attached hydrogens (tertiary/aromatic N) is 4. The highest BCUT2D eigenvalue weighted by Gasteiger charge is 2.14. The highest BCUT2D eigenvalue weighted by Crippen LogP contribution is 2.24. The maximum Gasteiger partial charge on any atom is 0.266 e. The van der Waals surface area contributed by atoms with Gasteiger partial charge < -0.3 is 5.32 Å². The van der Waals surface area contributed by atoms with Gasteiger partial charge in [0.05, 0.1) is 24.7 Å². The molecule has 0 aliphatic heterocycles. The number of nitrogens with one attached hydrogen (secondary N) is 1. The third kappa shape index (κ3) is 4.94. The Hall–Kier alpha value is -4.23. The van der Waals surface area contributed by atoms with Crippen LogP contribution >= 0.6 is 0 Å². The van der Waals surface area contributed by atoms with Crippen molar-refractivity contribution in [2.24, 2.45) is 0 Å². The number of carbonyl (C=O) groups is 1. The zero-order chi connectivity index (χ0) is 20.6. The Kier molecular flexibility index (Phi) is 6.14. The van der Waals surface area contributed by atoms with Crippen LogP contribution in [0.25, 0.3) is 17.3 Å². The van der Waals surface area contributed by atoms with Crippen molar-refractivity contribution in [2.75, 3.05) is 5.32 Å². The Balaban J connectivity index is 1.94. The van der Waals surface area contributed by atoms with Crippen molar-refractivity contribution in [1.82, 2.24) is 9.78 Å². The predicted molar refractivity (Wildman–Crippen MR) is 107 cm³/mol. The van der Waals surface area contributed by atoms with E-state index >= 15 is 0 Å². The smallest absolute Gasteiger partial charge is 0.266 e. The molecule has 0 aliphatic carbocycles. The van der Waals surface area contributed by atoms with E-state index < -0.39 is 11.7 Å². The van der Waals surface area contributed by atoms with Crippen molar-refractivity contribution in [3.63, 3.8) is 0 Å². The molecule has 0 atom stereocenters. The summed E-state index contributed by atoms with van der Waals surface area (Å²) in [6, 6.07) is 18.6. The molecule has 0 radical (unpaired) electrons. The fourth-order valence-corrected chi connectivity index (χ4v) is 2.68. The third-order valence-electron chi connectivity index (χ3n) is 4.06. The van der Waals surface area contributed by atoms with Gasteiger partial charge in [-0.1, -0.05) is 30.3 Å². The Morgan fingerprint density at radius 2 is 1.86 bits per heavy atom. The van der Waals surface area contributed by atoms with Crippen LogP contribution in [0, 0.1) is 28.5 Å². The molecule has 142 valence electrons. The highest BCUT2D eigenvalue weighted by molar-refractivity contribution is 6.10. The summed E-state index contributed by atoms with van der Waals surface area (Å²) < 4.78 is 14.6. The second-order valence-electron chi connectivity index (χ2n) is 6.10. The van der Waals surface area contributed by atoms with Gasteiger partial charge in [0.15, 0.2) is 0 Å². The maximum atomic E-state index is 13.0. The molecule has 0 fully saturated rings. The number of aromatic nitrogens is 2. The van der Waals surface area contributed by atoms with E-state index in [2.05, 4.69) is 16.5 Å². The van der Waals surface area contributed by atoms with E-state index in [4.69, 9.17) is 5.26 Å². The van der Waals surface area contributed by atoms with Gasteiger partial charge in [-0.15, -0.1) is 0 Å². The summed E-state index contributed by atoms with van der Waals surface area (Å²) in [6.07, 6.45) is 3.44. The number of nitriles is 2. The summed E-state index contributed by atoms with van der Waals surface area (Å²) in [5.41, 5.74) is 2.27. The number of aryl methyl sites for hydroxylation is 1. The van der Waals surface area contributed by atoms with Crippen LogP contribution in [0.4, 0.5) is 10.1 Å². The molecule has 3 rings (SSSR count). The molecule has 0 unspecified atom stereocenters. The van der Waals surface area contributed by atoms with Crippen molar-refractivity contribution in [1.29, 1.82) is 10.5 Å². The lowest BCUT2D eigenvalue weighted by atomic mass is 10.1. The summed E-state index contributed by atoms with van der Waals surface area (Å²) in [5, 5.41) is 25.4. The molecule has 2 aromatic carbocycles. The number of hydrogen-bond donors (Lipinski definition) is 1. The predicted octanol–water partition coefficient (Wildman–Crippen LogP) is 4.15. The first-order valence-corrected chi connectivity index (χ1v) is 8.79. The van der Waals surface area contributed by atoms with Crippen molar-refractivity contribution in [2.45, 2.75) is 13.0 Å². The first-order valence-electron chi connectivity index (χ1n) is 8.79. The maximum absolute atomic E-state index is 13.0. The minimum Gasteiger partial charge on any atom is -0.321 e. The average Bonchev–Trinajstić information content (AvgIpc) is 3.15. The monoisotopic (exact) mass is 385 g/mol. The zero-order valence-corrected chi connectivity index (χ0v) is 15.3. The molecule has 1 N–H and O–H groups in total. The van der Waals surface area contributed by atoms with Crippen LogP contribution in [0.15, 0.2) is 66.4 Å². The fraction of sp³-hybridized carbons (Fsp3) is 0.0909. The standard InChI is InChI=1S/C22H16FN5O/c23-19-7-9-20(10-8-19)26-22(29)17(14-25)13-18-15-28(12-4-11-24)27-21(18)16-5-2-1-3-6-16/h1-3,5-10,13,15H,4,12H2,(H,26,29)/b17-13+. The second-order valence-corrected chi connectivity index (χ2v) is 6.10. The summed E-state index contributed by atoms with van der Waals surface area (Å²) in [7, 11) is 0. The summed E-state index contributed by atoms with van der Waals surface area (Å²) in [4.78, 5) is 12.5. The number of rotatable bonds is 6. The number of amides is 1.